The molecular weight excluding hydrogens is 370 g/mol. The average molecular weight is 397 g/mol. The largest absolute Gasteiger partial charge is 0.375 e. The average Bonchev–Trinajstić information content (AvgIpc) is 2.73. The molecule has 3 rings (SSSR count). The lowest BCUT2D eigenvalue weighted by Gasteiger charge is -2.33. The lowest BCUT2D eigenvalue weighted by Crippen LogP contribution is -2.41. The molecule has 2 aromatic rings. The van der Waals surface area contributed by atoms with Crippen molar-refractivity contribution in [2.75, 3.05) is 45.8 Å². The molecule has 8 nitrogen and oxygen atoms in total. The summed E-state index contributed by atoms with van der Waals surface area (Å²) < 4.78 is 5.01. The van der Waals surface area contributed by atoms with Crippen LogP contribution in [0, 0.1) is 0 Å². The Morgan fingerprint density at radius 3 is 2.62 bits per heavy atom. The fourth-order valence-electron chi connectivity index (χ4n) is 3.59. The quantitative estimate of drug-likeness (QED) is 0.795. The SMILES string of the molecule is COCC(=O)N1CCC[C@@H](c2nc(N(C)C)ncc2-c2ccc(C(N)=O)cc2)C1. The molecule has 0 spiro atoms. The molecule has 1 aromatic carbocycles. The molecule has 1 saturated heterocycles. The topological polar surface area (TPSA) is 102 Å². The second-order valence-electron chi connectivity index (χ2n) is 7.42. The zero-order valence-corrected chi connectivity index (χ0v) is 17.1. The van der Waals surface area contributed by atoms with Crippen molar-refractivity contribution in [2.24, 2.45) is 5.73 Å². The highest BCUT2D eigenvalue weighted by Crippen LogP contribution is 2.34. The van der Waals surface area contributed by atoms with E-state index in [1.54, 1.807) is 12.1 Å². The zero-order valence-electron chi connectivity index (χ0n) is 17.1. The van der Waals surface area contributed by atoms with Crippen LogP contribution in [-0.4, -0.2) is 67.6 Å². The third kappa shape index (κ3) is 4.71. The van der Waals surface area contributed by atoms with Crippen LogP contribution in [0.5, 0.6) is 0 Å². The predicted octanol–water partition coefficient (Wildman–Crippen LogP) is 1.66. The number of amides is 2. The molecule has 0 unspecified atom stereocenters. The maximum Gasteiger partial charge on any atom is 0.248 e. The molecular formula is C21H27N5O3. The maximum absolute atomic E-state index is 12.3. The molecule has 0 radical (unpaired) electrons. The van der Waals surface area contributed by atoms with Gasteiger partial charge in [0.2, 0.25) is 17.8 Å². The van der Waals surface area contributed by atoms with E-state index >= 15 is 0 Å². The molecule has 2 heterocycles. The van der Waals surface area contributed by atoms with E-state index in [4.69, 9.17) is 15.5 Å². The standard InChI is InChI=1S/C21H27N5O3/c1-25(2)21-23-11-17(14-6-8-15(9-7-14)20(22)28)19(24-21)16-5-4-10-26(12-16)18(27)13-29-3/h6-9,11,16H,4-5,10,12-13H2,1-3H3,(H2,22,28)/t16-/m1/s1. The lowest BCUT2D eigenvalue weighted by atomic mass is 9.89. The molecule has 29 heavy (non-hydrogen) atoms. The summed E-state index contributed by atoms with van der Waals surface area (Å²) in [7, 11) is 5.33. The fourth-order valence-corrected chi connectivity index (χ4v) is 3.59. The van der Waals surface area contributed by atoms with Crippen LogP contribution < -0.4 is 10.6 Å². The van der Waals surface area contributed by atoms with E-state index in [9.17, 15) is 9.59 Å². The molecule has 1 atom stereocenters. The van der Waals surface area contributed by atoms with Crippen LogP contribution in [0.25, 0.3) is 11.1 Å². The number of methoxy groups -OCH3 is 1. The van der Waals surface area contributed by atoms with Gasteiger partial charge in [-0.05, 0) is 30.5 Å². The minimum atomic E-state index is -0.462. The van der Waals surface area contributed by atoms with Crippen LogP contribution in [0.15, 0.2) is 30.5 Å². The Balaban J connectivity index is 1.98. The van der Waals surface area contributed by atoms with E-state index in [-0.39, 0.29) is 18.4 Å². The number of nitrogens with zero attached hydrogens (tertiary/aromatic N) is 4. The predicted molar refractivity (Wildman–Crippen MR) is 111 cm³/mol. The Morgan fingerprint density at radius 1 is 1.28 bits per heavy atom. The van der Waals surface area contributed by atoms with Crippen LogP contribution in [0.4, 0.5) is 5.95 Å². The molecule has 1 aliphatic rings. The monoisotopic (exact) mass is 397 g/mol. The van der Waals surface area contributed by atoms with Gasteiger partial charge in [0.1, 0.15) is 6.61 Å². The third-order valence-electron chi connectivity index (χ3n) is 5.11. The van der Waals surface area contributed by atoms with Crippen LogP contribution in [0.1, 0.15) is 34.8 Å². The lowest BCUT2D eigenvalue weighted by molar-refractivity contribution is -0.136. The highest BCUT2D eigenvalue weighted by atomic mass is 16.5. The number of rotatable bonds is 6. The van der Waals surface area contributed by atoms with Crippen molar-refractivity contribution >= 4 is 17.8 Å². The van der Waals surface area contributed by atoms with E-state index in [1.807, 2.05) is 42.2 Å². The Morgan fingerprint density at radius 2 is 2.00 bits per heavy atom. The first-order valence-electron chi connectivity index (χ1n) is 9.62. The van der Waals surface area contributed by atoms with Gasteiger partial charge in [-0.2, -0.15) is 0 Å². The van der Waals surface area contributed by atoms with Gasteiger partial charge in [0, 0.05) is 57.5 Å². The first-order chi connectivity index (χ1) is 13.9. The van der Waals surface area contributed by atoms with Gasteiger partial charge in [-0.1, -0.05) is 12.1 Å². The van der Waals surface area contributed by atoms with Crippen LogP contribution in [-0.2, 0) is 9.53 Å². The van der Waals surface area contributed by atoms with Gasteiger partial charge >= 0.3 is 0 Å². The van der Waals surface area contributed by atoms with Crippen LogP contribution in [0.3, 0.4) is 0 Å². The van der Waals surface area contributed by atoms with Gasteiger partial charge in [0.15, 0.2) is 0 Å². The summed E-state index contributed by atoms with van der Waals surface area (Å²) in [5.74, 6) is 0.247. The van der Waals surface area contributed by atoms with Gasteiger partial charge in [0.05, 0.1) is 5.69 Å². The molecule has 154 valence electrons. The number of benzene rings is 1. The van der Waals surface area contributed by atoms with E-state index in [1.165, 1.54) is 7.11 Å². The maximum atomic E-state index is 12.3. The smallest absolute Gasteiger partial charge is 0.248 e. The number of nitrogens with two attached hydrogens (primary N) is 1. The highest BCUT2D eigenvalue weighted by Gasteiger charge is 2.28. The molecule has 1 fully saturated rings. The number of primary amides is 1. The third-order valence-corrected chi connectivity index (χ3v) is 5.11. The van der Waals surface area contributed by atoms with Crippen molar-refractivity contribution < 1.29 is 14.3 Å². The molecule has 2 amide bonds. The van der Waals surface area contributed by atoms with Crippen molar-refractivity contribution in [3.8, 4) is 11.1 Å². The second-order valence-corrected chi connectivity index (χ2v) is 7.42. The number of likely N-dealkylation sites (tertiary alicyclic amines) is 1. The Kier molecular flexibility index (Phi) is 6.43. The van der Waals surface area contributed by atoms with Crippen molar-refractivity contribution in [3.63, 3.8) is 0 Å². The van der Waals surface area contributed by atoms with Crippen molar-refractivity contribution in [1.29, 1.82) is 0 Å². The zero-order chi connectivity index (χ0) is 21.0. The van der Waals surface area contributed by atoms with Gasteiger partial charge in [-0.15, -0.1) is 0 Å². The Labute approximate surface area is 170 Å². The summed E-state index contributed by atoms with van der Waals surface area (Å²) in [6.07, 6.45) is 3.65. The van der Waals surface area contributed by atoms with Gasteiger partial charge < -0.3 is 20.3 Å². The summed E-state index contributed by atoms with van der Waals surface area (Å²) in [5.41, 5.74) is 8.53. The highest BCUT2D eigenvalue weighted by molar-refractivity contribution is 5.93. The Hall–Kier alpha value is -3.00. The number of carbonyl (C=O) groups excluding carboxylic acids is 2. The summed E-state index contributed by atoms with van der Waals surface area (Å²) in [6.45, 7) is 1.41. The fraction of sp³-hybridized carbons (Fsp3) is 0.429. The molecule has 1 aliphatic heterocycles. The number of hydrogen-bond acceptors (Lipinski definition) is 6. The normalized spacial score (nSPS) is 16.5. The van der Waals surface area contributed by atoms with Crippen molar-refractivity contribution in [3.05, 3.63) is 41.7 Å². The Bertz CT molecular complexity index is 882. The summed E-state index contributed by atoms with van der Waals surface area (Å²) >= 11 is 0. The van der Waals surface area contributed by atoms with Crippen LogP contribution in [0.2, 0.25) is 0 Å². The van der Waals surface area contributed by atoms with E-state index < -0.39 is 5.91 Å². The first kappa shape index (κ1) is 20.7. The second kappa shape index (κ2) is 9.00. The van der Waals surface area contributed by atoms with E-state index in [0.717, 1.165) is 36.2 Å². The number of ether oxygens (including phenoxy) is 1. The number of anilines is 1. The molecule has 0 aliphatic carbocycles. The molecule has 0 saturated carbocycles. The van der Waals surface area contributed by atoms with Crippen molar-refractivity contribution in [2.45, 2.75) is 18.8 Å². The summed E-state index contributed by atoms with van der Waals surface area (Å²) in [4.78, 5) is 36.7. The molecule has 8 heteroatoms. The first-order valence-corrected chi connectivity index (χ1v) is 9.62. The number of aromatic nitrogens is 2. The van der Waals surface area contributed by atoms with E-state index in [2.05, 4.69) is 4.98 Å². The number of piperidine rings is 1. The summed E-state index contributed by atoms with van der Waals surface area (Å²) in [5, 5.41) is 0. The molecule has 1 aromatic heterocycles. The van der Waals surface area contributed by atoms with E-state index in [0.29, 0.717) is 18.1 Å². The number of hydrogen-bond donors (Lipinski definition) is 1. The number of carbonyl (C=O) groups is 2. The summed E-state index contributed by atoms with van der Waals surface area (Å²) in [6, 6.07) is 7.12. The van der Waals surface area contributed by atoms with Gasteiger partial charge in [0.25, 0.3) is 0 Å². The van der Waals surface area contributed by atoms with Gasteiger partial charge in [-0.25, -0.2) is 9.97 Å². The van der Waals surface area contributed by atoms with Crippen LogP contribution >= 0.6 is 0 Å². The minimum Gasteiger partial charge on any atom is -0.375 e. The molecule has 2 N–H and O–H groups in total. The van der Waals surface area contributed by atoms with Gasteiger partial charge in [-0.3, -0.25) is 9.59 Å². The minimum absolute atomic E-state index is 0.00792. The van der Waals surface area contributed by atoms with Crippen molar-refractivity contribution in [1.82, 2.24) is 14.9 Å². The molecule has 0 bridgehead atoms.